The monoisotopic (exact) mass is 318 g/mol. The number of rotatable bonds is 5. The van der Waals surface area contributed by atoms with Gasteiger partial charge in [-0.15, -0.1) is 0 Å². The Morgan fingerprint density at radius 3 is 2.52 bits per heavy atom. The van der Waals surface area contributed by atoms with E-state index in [0.29, 0.717) is 41.2 Å². The number of hydrogen-bond acceptors (Lipinski definition) is 4. The highest BCUT2D eigenvalue weighted by Crippen LogP contribution is 2.22. The maximum absolute atomic E-state index is 12.7. The first-order valence-electron chi connectivity index (χ1n) is 7.49. The maximum Gasteiger partial charge on any atom is 0.339 e. The number of amides is 1. The van der Waals surface area contributed by atoms with E-state index in [-0.39, 0.29) is 5.91 Å². The number of hydrogen-bond donors (Lipinski definition) is 1. The Balaban J connectivity index is 2.28. The second-order valence-electron chi connectivity index (χ2n) is 5.50. The summed E-state index contributed by atoms with van der Waals surface area (Å²) in [6, 6.07) is 3.70. The molecule has 0 aliphatic carbocycles. The fourth-order valence-electron chi connectivity index (χ4n) is 2.58. The summed E-state index contributed by atoms with van der Waals surface area (Å²) in [4.78, 5) is 29.2. The number of H-pyrrole nitrogens is 1. The standard InChI is InChI=1S/C17H22N2O4/c1-6-13-14(17(21)22-5)11(3)15(18-13)16(20)19(4)9-12-8-7-10(2)23-12/h7-8,18H,6,9H2,1-5H3. The highest BCUT2D eigenvalue weighted by molar-refractivity contribution is 6.00. The van der Waals surface area contributed by atoms with Crippen LogP contribution in [0, 0.1) is 13.8 Å². The minimum atomic E-state index is -0.432. The van der Waals surface area contributed by atoms with Gasteiger partial charge in [-0.05, 0) is 38.0 Å². The molecule has 0 saturated carbocycles. The third kappa shape index (κ3) is 3.31. The number of ether oxygens (including phenoxy) is 1. The van der Waals surface area contributed by atoms with Gasteiger partial charge in [0.25, 0.3) is 5.91 Å². The molecule has 2 aromatic heterocycles. The fraction of sp³-hybridized carbons (Fsp3) is 0.412. The van der Waals surface area contributed by atoms with Crippen LogP contribution in [0.25, 0.3) is 0 Å². The molecule has 0 bridgehead atoms. The van der Waals surface area contributed by atoms with Crippen molar-refractivity contribution in [3.05, 3.63) is 46.2 Å². The summed E-state index contributed by atoms with van der Waals surface area (Å²) in [6.07, 6.45) is 0.611. The lowest BCUT2D eigenvalue weighted by molar-refractivity contribution is 0.0599. The van der Waals surface area contributed by atoms with Crippen molar-refractivity contribution in [2.45, 2.75) is 33.7 Å². The van der Waals surface area contributed by atoms with E-state index < -0.39 is 5.97 Å². The molecule has 1 amide bonds. The van der Waals surface area contributed by atoms with Crippen molar-refractivity contribution in [3.8, 4) is 0 Å². The van der Waals surface area contributed by atoms with E-state index in [2.05, 4.69) is 4.98 Å². The van der Waals surface area contributed by atoms with Crippen LogP contribution in [0.5, 0.6) is 0 Å². The van der Waals surface area contributed by atoms with Gasteiger partial charge >= 0.3 is 5.97 Å². The number of methoxy groups -OCH3 is 1. The van der Waals surface area contributed by atoms with Gasteiger partial charge in [-0.1, -0.05) is 6.92 Å². The largest absolute Gasteiger partial charge is 0.465 e. The van der Waals surface area contributed by atoms with Crippen molar-refractivity contribution in [2.75, 3.05) is 14.2 Å². The smallest absolute Gasteiger partial charge is 0.339 e. The van der Waals surface area contributed by atoms with Gasteiger partial charge in [0, 0.05) is 12.7 Å². The number of esters is 1. The van der Waals surface area contributed by atoms with Gasteiger partial charge in [-0.2, -0.15) is 0 Å². The quantitative estimate of drug-likeness (QED) is 0.860. The van der Waals surface area contributed by atoms with E-state index in [4.69, 9.17) is 9.15 Å². The number of aryl methyl sites for hydroxylation is 2. The Morgan fingerprint density at radius 1 is 1.30 bits per heavy atom. The van der Waals surface area contributed by atoms with Crippen LogP contribution < -0.4 is 0 Å². The first kappa shape index (κ1) is 16.9. The molecule has 2 aromatic rings. The van der Waals surface area contributed by atoms with Gasteiger partial charge in [-0.3, -0.25) is 4.79 Å². The summed E-state index contributed by atoms with van der Waals surface area (Å²) in [5.41, 5.74) is 2.18. The predicted octanol–water partition coefficient (Wildman–Crippen LogP) is 2.85. The second-order valence-corrected chi connectivity index (χ2v) is 5.50. The van der Waals surface area contributed by atoms with Crippen LogP contribution in [0.4, 0.5) is 0 Å². The van der Waals surface area contributed by atoms with Crippen molar-refractivity contribution >= 4 is 11.9 Å². The molecule has 0 radical (unpaired) electrons. The molecule has 0 saturated heterocycles. The lowest BCUT2D eigenvalue weighted by Crippen LogP contribution is -2.27. The number of carbonyl (C=O) groups is 2. The van der Waals surface area contributed by atoms with Gasteiger partial charge in [0.1, 0.15) is 17.2 Å². The highest BCUT2D eigenvalue weighted by Gasteiger charge is 2.25. The van der Waals surface area contributed by atoms with Crippen LogP contribution in [0.3, 0.4) is 0 Å². The van der Waals surface area contributed by atoms with Gasteiger partial charge in [-0.25, -0.2) is 4.79 Å². The summed E-state index contributed by atoms with van der Waals surface area (Å²) < 4.78 is 10.3. The zero-order valence-electron chi connectivity index (χ0n) is 14.1. The first-order chi connectivity index (χ1) is 10.9. The van der Waals surface area contributed by atoms with Crippen molar-refractivity contribution in [1.29, 1.82) is 0 Å². The molecule has 2 rings (SSSR count). The molecule has 0 aliphatic rings. The first-order valence-corrected chi connectivity index (χ1v) is 7.49. The molecule has 2 heterocycles. The van der Waals surface area contributed by atoms with Crippen LogP contribution >= 0.6 is 0 Å². The molecule has 0 fully saturated rings. The minimum Gasteiger partial charge on any atom is -0.465 e. The Hall–Kier alpha value is -2.50. The third-order valence-corrected chi connectivity index (χ3v) is 3.82. The Morgan fingerprint density at radius 2 is 2.00 bits per heavy atom. The molecule has 0 spiro atoms. The lowest BCUT2D eigenvalue weighted by Gasteiger charge is -2.15. The van der Waals surface area contributed by atoms with Gasteiger partial charge in [0.05, 0.1) is 19.2 Å². The number of nitrogens with zero attached hydrogens (tertiary/aromatic N) is 1. The summed E-state index contributed by atoms with van der Waals surface area (Å²) in [5.74, 6) is 0.894. The van der Waals surface area contributed by atoms with Crippen LogP contribution in [-0.2, 0) is 17.7 Å². The van der Waals surface area contributed by atoms with E-state index in [1.807, 2.05) is 26.0 Å². The van der Waals surface area contributed by atoms with Crippen LogP contribution in [0.2, 0.25) is 0 Å². The molecular formula is C17H22N2O4. The number of aromatic amines is 1. The van der Waals surface area contributed by atoms with Gasteiger partial charge in [0.15, 0.2) is 0 Å². The number of carbonyl (C=O) groups excluding carboxylic acids is 2. The van der Waals surface area contributed by atoms with Crippen molar-refractivity contribution < 1.29 is 18.7 Å². The minimum absolute atomic E-state index is 0.193. The third-order valence-electron chi connectivity index (χ3n) is 3.82. The van der Waals surface area contributed by atoms with Crippen LogP contribution in [0.15, 0.2) is 16.5 Å². The predicted molar refractivity (Wildman–Crippen MR) is 85.5 cm³/mol. The highest BCUT2D eigenvalue weighted by atomic mass is 16.5. The van der Waals surface area contributed by atoms with E-state index in [9.17, 15) is 9.59 Å². The second kappa shape index (κ2) is 6.73. The van der Waals surface area contributed by atoms with Crippen molar-refractivity contribution in [3.63, 3.8) is 0 Å². The van der Waals surface area contributed by atoms with Gasteiger partial charge in [0.2, 0.25) is 0 Å². The van der Waals surface area contributed by atoms with Crippen molar-refractivity contribution in [2.24, 2.45) is 0 Å². The van der Waals surface area contributed by atoms with E-state index in [0.717, 1.165) is 5.76 Å². The lowest BCUT2D eigenvalue weighted by atomic mass is 10.1. The maximum atomic E-state index is 12.7. The van der Waals surface area contributed by atoms with E-state index in [1.54, 1.807) is 18.9 Å². The molecule has 23 heavy (non-hydrogen) atoms. The molecular weight excluding hydrogens is 296 g/mol. The molecule has 0 aliphatic heterocycles. The summed E-state index contributed by atoms with van der Waals surface area (Å²) >= 11 is 0. The molecule has 0 unspecified atom stereocenters. The summed E-state index contributed by atoms with van der Waals surface area (Å²) in [6.45, 7) is 5.89. The molecule has 6 heteroatoms. The van der Waals surface area contributed by atoms with Crippen molar-refractivity contribution in [1.82, 2.24) is 9.88 Å². The van der Waals surface area contributed by atoms with E-state index in [1.165, 1.54) is 7.11 Å². The molecule has 0 aromatic carbocycles. The number of nitrogens with one attached hydrogen (secondary N) is 1. The number of furan rings is 1. The zero-order chi connectivity index (χ0) is 17.1. The van der Waals surface area contributed by atoms with E-state index >= 15 is 0 Å². The fourth-order valence-corrected chi connectivity index (χ4v) is 2.58. The Kier molecular flexibility index (Phi) is 4.93. The average Bonchev–Trinajstić information content (AvgIpc) is 3.08. The molecule has 124 valence electrons. The topological polar surface area (TPSA) is 75.5 Å². The molecule has 1 N–H and O–H groups in total. The Bertz CT molecular complexity index is 727. The Labute approximate surface area is 135 Å². The normalized spacial score (nSPS) is 10.7. The molecule has 6 nitrogen and oxygen atoms in total. The summed E-state index contributed by atoms with van der Waals surface area (Å²) in [7, 11) is 3.03. The van der Waals surface area contributed by atoms with Crippen LogP contribution in [0.1, 0.15) is 50.5 Å². The van der Waals surface area contributed by atoms with Gasteiger partial charge < -0.3 is 19.0 Å². The SMILES string of the molecule is CCc1[nH]c(C(=O)N(C)Cc2ccc(C)o2)c(C)c1C(=O)OC. The molecule has 0 atom stereocenters. The summed E-state index contributed by atoms with van der Waals surface area (Å²) in [5, 5.41) is 0. The number of aromatic nitrogens is 1. The average molecular weight is 318 g/mol. The van der Waals surface area contributed by atoms with Crippen LogP contribution in [-0.4, -0.2) is 35.9 Å². The zero-order valence-corrected chi connectivity index (χ0v) is 14.1.